The molecule has 0 aliphatic heterocycles. The van der Waals surface area contributed by atoms with Gasteiger partial charge in [-0.25, -0.2) is 17.2 Å². The number of hydrogen-bond acceptors (Lipinski definition) is 3. The summed E-state index contributed by atoms with van der Waals surface area (Å²) in [5, 5.41) is 1.21. The third kappa shape index (κ3) is 4.38. The molecule has 0 aromatic heterocycles. The standard InChI is InChI=1S/C17H17F2NO3S/c1-12(24(22,23)16-7-5-14(18)6-8-16)17(21)20-10-9-13-3-2-4-15(19)11-13/h2-8,11-12H,9-10H2,1H3,(H,20,21). The Morgan fingerprint density at radius 3 is 2.38 bits per heavy atom. The van der Waals surface area contributed by atoms with Gasteiger partial charge in [-0.05, 0) is 55.3 Å². The van der Waals surface area contributed by atoms with Crippen LogP contribution in [0.1, 0.15) is 12.5 Å². The van der Waals surface area contributed by atoms with Gasteiger partial charge in [0.1, 0.15) is 16.9 Å². The summed E-state index contributed by atoms with van der Waals surface area (Å²) in [4.78, 5) is 11.9. The van der Waals surface area contributed by atoms with E-state index in [2.05, 4.69) is 5.32 Å². The van der Waals surface area contributed by atoms with Gasteiger partial charge in [-0.15, -0.1) is 0 Å². The number of carbonyl (C=O) groups excluding carboxylic acids is 1. The van der Waals surface area contributed by atoms with E-state index in [-0.39, 0.29) is 17.3 Å². The second-order valence-corrected chi connectivity index (χ2v) is 7.58. The molecule has 0 saturated carbocycles. The third-order valence-electron chi connectivity index (χ3n) is 3.58. The molecule has 0 bridgehead atoms. The Morgan fingerprint density at radius 2 is 1.75 bits per heavy atom. The molecular formula is C17H17F2NO3S. The second kappa shape index (κ2) is 7.53. The van der Waals surface area contributed by atoms with Crippen LogP contribution in [0.3, 0.4) is 0 Å². The molecule has 0 aliphatic carbocycles. The van der Waals surface area contributed by atoms with Crippen molar-refractivity contribution in [2.75, 3.05) is 6.54 Å². The summed E-state index contributed by atoms with van der Waals surface area (Å²) >= 11 is 0. The lowest BCUT2D eigenvalue weighted by molar-refractivity contribution is -0.120. The molecule has 2 rings (SSSR count). The van der Waals surface area contributed by atoms with Gasteiger partial charge in [0.2, 0.25) is 5.91 Å². The number of rotatable bonds is 6. The minimum Gasteiger partial charge on any atom is -0.355 e. The lowest BCUT2D eigenvalue weighted by atomic mass is 10.1. The highest BCUT2D eigenvalue weighted by Crippen LogP contribution is 2.16. The molecular weight excluding hydrogens is 336 g/mol. The van der Waals surface area contributed by atoms with E-state index in [0.29, 0.717) is 12.0 Å². The molecule has 1 N–H and O–H groups in total. The zero-order chi connectivity index (χ0) is 17.7. The highest BCUT2D eigenvalue weighted by atomic mass is 32.2. The van der Waals surface area contributed by atoms with Crippen LogP contribution in [0.2, 0.25) is 0 Å². The van der Waals surface area contributed by atoms with Crippen molar-refractivity contribution in [2.24, 2.45) is 0 Å². The molecule has 0 heterocycles. The molecule has 2 aromatic carbocycles. The average Bonchev–Trinajstić information content (AvgIpc) is 2.54. The van der Waals surface area contributed by atoms with E-state index >= 15 is 0 Å². The second-order valence-electron chi connectivity index (χ2n) is 5.31. The monoisotopic (exact) mass is 353 g/mol. The van der Waals surface area contributed by atoms with E-state index in [0.717, 1.165) is 24.3 Å². The molecule has 0 spiro atoms. The maximum Gasteiger partial charge on any atom is 0.238 e. The fraction of sp³-hybridized carbons (Fsp3) is 0.235. The fourth-order valence-corrected chi connectivity index (χ4v) is 3.42. The molecule has 4 nitrogen and oxygen atoms in total. The van der Waals surface area contributed by atoms with Crippen LogP contribution in [-0.4, -0.2) is 26.1 Å². The Kier molecular flexibility index (Phi) is 5.66. The minimum atomic E-state index is -3.90. The Balaban J connectivity index is 1.97. The third-order valence-corrected chi connectivity index (χ3v) is 5.65. The molecule has 0 fully saturated rings. The van der Waals surface area contributed by atoms with Crippen LogP contribution in [0, 0.1) is 11.6 Å². The molecule has 24 heavy (non-hydrogen) atoms. The van der Waals surface area contributed by atoms with Gasteiger partial charge in [-0.1, -0.05) is 12.1 Å². The number of carbonyl (C=O) groups is 1. The largest absolute Gasteiger partial charge is 0.355 e. The Labute approximate surface area is 139 Å². The summed E-state index contributed by atoms with van der Waals surface area (Å²) in [6, 6.07) is 10.3. The smallest absolute Gasteiger partial charge is 0.238 e. The molecule has 1 unspecified atom stereocenters. The van der Waals surface area contributed by atoms with Gasteiger partial charge >= 0.3 is 0 Å². The molecule has 128 valence electrons. The number of benzene rings is 2. The number of sulfone groups is 1. The summed E-state index contributed by atoms with van der Waals surface area (Å²) < 4.78 is 50.6. The van der Waals surface area contributed by atoms with Crippen molar-refractivity contribution in [1.29, 1.82) is 0 Å². The Bertz CT molecular complexity index is 820. The molecule has 2 aromatic rings. The summed E-state index contributed by atoms with van der Waals surface area (Å²) in [7, 11) is -3.90. The molecule has 0 radical (unpaired) electrons. The lowest BCUT2D eigenvalue weighted by Crippen LogP contribution is -2.38. The number of amides is 1. The van der Waals surface area contributed by atoms with Crippen molar-refractivity contribution in [3.05, 3.63) is 65.7 Å². The van der Waals surface area contributed by atoms with Gasteiger partial charge in [0, 0.05) is 6.54 Å². The topological polar surface area (TPSA) is 63.2 Å². The minimum absolute atomic E-state index is 0.114. The summed E-state index contributed by atoms with van der Waals surface area (Å²) in [6.07, 6.45) is 0.382. The van der Waals surface area contributed by atoms with Crippen molar-refractivity contribution in [2.45, 2.75) is 23.5 Å². The van der Waals surface area contributed by atoms with Crippen LogP contribution in [0.25, 0.3) is 0 Å². The van der Waals surface area contributed by atoms with Gasteiger partial charge in [0.05, 0.1) is 4.90 Å². The number of hydrogen-bond donors (Lipinski definition) is 1. The molecule has 0 saturated heterocycles. The van der Waals surface area contributed by atoms with E-state index in [1.54, 1.807) is 12.1 Å². The SMILES string of the molecule is CC(C(=O)NCCc1cccc(F)c1)S(=O)(=O)c1ccc(F)cc1. The fourth-order valence-electron chi connectivity index (χ4n) is 2.14. The number of halogens is 2. The summed E-state index contributed by atoms with van der Waals surface area (Å²) in [5.74, 6) is -1.58. The van der Waals surface area contributed by atoms with Crippen molar-refractivity contribution in [3.8, 4) is 0 Å². The first-order chi connectivity index (χ1) is 11.3. The highest BCUT2D eigenvalue weighted by molar-refractivity contribution is 7.92. The van der Waals surface area contributed by atoms with Gasteiger partial charge < -0.3 is 5.32 Å². The first kappa shape index (κ1) is 18.1. The Morgan fingerprint density at radius 1 is 1.08 bits per heavy atom. The van der Waals surface area contributed by atoms with Crippen LogP contribution < -0.4 is 5.32 Å². The first-order valence-electron chi connectivity index (χ1n) is 7.32. The van der Waals surface area contributed by atoms with Crippen molar-refractivity contribution < 1.29 is 22.0 Å². The maximum atomic E-state index is 13.1. The maximum absolute atomic E-state index is 13.1. The van der Waals surface area contributed by atoms with Crippen LogP contribution in [-0.2, 0) is 21.1 Å². The highest BCUT2D eigenvalue weighted by Gasteiger charge is 2.29. The molecule has 0 aliphatic rings. The van der Waals surface area contributed by atoms with E-state index in [1.165, 1.54) is 19.1 Å². The van der Waals surface area contributed by atoms with Crippen LogP contribution in [0.15, 0.2) is 53.4 Å². The van der Waals surface area contributed by atoms with Gasteiger partial charge in [-0.2, -0.15) is 0 Å². The van der Waals surface area contributed by atoms with Crippen LogP contribution in [0.5, 0.6) is 0 Å². The van der Waals surface area contributed by atoms with Gasteiger partial charge in [0.15, 0.2) is 9.84 Å². The van der Waals surface area contributed by atoms with Crippen LogP contribution >= 0.6 is 0 Å². The molecule has 7 heteroatoms. The van der Waals surface area contributed by atoms with Crippen molar-refractivity contribution >= 4 is 15.7 Å². The Hall–Kier alpha value is -2.28. The predicted molar refractivity (Wildman–Crippen MR) is 86.2 cm³/mol. The van der Waals surface area contributed by atoms with E-state index in [1.807, 2.05) is 0 Å². The zero-order valence-electron chi connectivity index (χ0n) is 13.0. The number of nitrogens with one attached hydrogen (secondary N) is 1. The summed E-state index contributed by atoms with van der Waals surface area (Å²) in [5.41, 5.74) is 0.698. The molecule has 1 amide bonds. The van der Waals surface area contributed by atoms with Crippen molar-refractivity contribution in [3.63, 3.8) is 0 Å². The quantitative estimate of drug-likeness (QED) is 0.812. The van der Waals surface area contributed by atoms with Crippen LogP contribution in [0.4, 0.5) is 8.78 Å². The lowest BCUT2D eigenvalue weighted by Gasteiger charge is -2.13. The van der Waals surface area contributed by atoms with Gasteiger partial charge in [-0.3, -0.25) is 4.79 Å². The van der Waals surface area contributed by atoms with E-state index in [9.17, 15) is 22.0 Å². The van der Waals surface area contributed by atoms with Gasteiger partial charge in [0.25, 0.3) is 0 Å². The molecule has 1 atom stereocenters. The zero-order valence-corrected chi connectivity index (χ0v) is 13.8. The summed E-state index contributed by atoms with van der Waals surface area (Å²) in [6.45, 7) is 1.46. The first-order valence-corrected chi connectivity index (χ1v) is 8.87. The van der Waals surface area contributed by atoms with E-state index in [4.69, 9.17) is 0 Å². The average molecular weight is 353 g/mol. The van der Waals surface area contributed by atoms with E-state index < -0.39 is 26.8 Å². The normalized spacial score (nSPS) is 12.6. The van der Waals surface area contributed by atoms with Crippen molar-refractivity contribution in [1.82, 2.24) is 5.32 Å². The predicted octanol–water partition coefficient (Wildman–Crippen LogP) is 2.49.